The van der Waals surface area contributed by atoms with Crippen molar-refractivity contribution in [2.24, 2.45) is 5.41 Å². The van der Waals surface area contributed by atoms with E-state index in [4.69, 9.17) is 10.5 Å². The third-order valence-electron chi connectivity index (χ3n) is 3.29. The van der Waals surface area contributed by atoms with Gasteiger partial charge in [0.25, 0.3) is 0 Å². The van der Waals surface area contributed by atoms with Crippen LogP contribution in [-0.2, 0) is 4.74 Å². The van der Waals surface area contributed by atoms with Crippen LogP contribution < -0.4 is 11.1 Å². The molecule has 1 heterocycles. The van der Waals surface area contributed by atoms with Crippen molar-refractivity contribution >= 4 is 11.5 Å². The summed E-state index contributed by atoms with van der Waals surface area (Å²) in [5, 5.41) is 3.38. The molecule has 0 bridgehead atoms. The lowest BCUT2D eigenvalue weighted by atomic mass is 10.0. The summed E-state index contributed by atoms with van der Waals surface area (Å²) in [5.41, 5.74) is 7.14. The fourth-order valence-electron chi connectivity index (χ4n) is 1.86. The van der Waals surface area contributed by atoms with E-state index in [1.54, 1.807) is 13.3 Å². The number of methoxy groups -OCH3 is 1. The maximum absolute atomic E-state index is 5.77. The van der Waals surface area contributed by atoms with Crippen molar-refractivity contribution in [3.05, 3.63) is 18.3 Å². The van der Waals surface area contributed by atoms with Gasteiger partial charge in [0.2, 0.25) is 0 Å². The number of nitrogens with zero attached hydrogens (tertiary/aromatic N) is 1. The van der Waals surface area contributed by atoms with Crippen molar-refractivity contribution in [2.75, 3.05) is 31.3 Å². The van der Waals surface area contributed by atoms with Crippen LogP contribution in [0.25, 0.3) is 0 Å². The van der Waals surface area contributed by atoms with Crippen molar-refractivity contribution in [3.8, 4) is 0 Å². The van der Waals surface area contributed by atoms with Gasteiger partial charge in [-0.25, -0.2) is 4.98 Å². The first kappa shape index (κ1) is 11.2. The van der Waals surface area contributed by atoms with Crippen LogP contribution in [0.5, 0.6) is 0 Å². The Morgan fingerprint density at radius 3 is 3.00 bits per heavy atom. The highest BCUT2D eigenvalue weighted by Gasteiger charge is 2.41. The lowest BCUT2D eigenvalue weighted by Gasteiger charge is -2.16. The number of aromatic nitrogens is 1. The summed E-state index contributed by atoms with van der Waals surface area (Å²) in [6.07, 6.45) is 5.39. The van der Waals surface area contributed by atoms with E-state index in [1.165, 1.54) is 12.8 Å². The molecule has 0 saturated heterocycles. The van der Waals surface area contributed by atoms with Gasteiger partial charge in [-0.1, -0.05) is 0 Å². The van der Waals surface area contributed by atoms with Gasteiger partial charge in [-0.2, -0.15) is 0 Å². The molecule has 0 unspecified atom stereocenters. The highest BCUT2D eigenvalue weighted by molar-refractivity contribution is 5.61. The van der Waals surface area contributed by atoms with Gasteiger partial charge >= 0.3 is 0 Å². The predicted octanol–water partition coefficient (Wildman–Crippen LogP) is 1.89. The summed E-state index contributed by atoms with van der Waals surface area (Å²) >= 11 is 0. The van der Waals surface area contributed by atoms with Gasteiger partial charge in [0.15, 0.2) is 0 Å². The molecule has 0 atom stereocenters. The molecule has 1 fully saturated rings. The zero-order valence-electron chi connectivity index (χ0n) is 9.70. The maximum atomic E-state index is 5.77. The van der Waals surface area contributed by atoms with Gasteiger partial charge in [0.1, 0.15) is 5.82 Å². The van der Waals surface area contributed by atoms with E-state index in [9.17, 15) is 0 Å². The number of anilines is 2. The Hall–Kier alpha value is -1.29. The van der Waals surface area contributed by atoms with Crippen LogP contribution in [0.1, 0.15) is 19.3 Å². The van der Waals surface area contributed by atoms with Gasteiger partial charge in [-0.3, -0.25) is 0 Å². The van der Waals surface area contributed by atoms with Crippen LogP contribution in [0.15, 0.2) is 18.3 Å². The molecule has 16 heavy (non-hydrogen) atoms. The summed E-state index contributed by atoms with van der Waals surface area (Å²) in [6.45, 7) is 1.80. The monoisotopic (exact) mass is 221 g/mol. The van der Waals surface area contributed by atoms with Crippen LogP contribution in [-0.4, -0.2) is 25.2 Å². The molecule has 3 N–H and O–H groups in total. The molecule has 0 aromatic carbocycles. The standard InChI is InChI=1S/C12H19N3O/c1-16-8-6-12(4-5-12)9-15-10-3-2-7-14-11(10)13/h2-3,7,15H,4-6,8-9H2,1H3,(H2,13,14). The van der Waals surface area contributed by atoms with Gasteiger partial charge < -0.3 is 15.8 Å². The Morgan fingerprint density at radius 2 is 2.38 bits per heavy atom. The third kappa shape index (κ3) is 2.64. The molecular formula is C12H19N3O. The van der Waals surface area contributed by atoms with E-state index < -0.39 is 0 Å². The third-order valence-corrected chi connectivity index (χ3v) is 3.29. The molecule has 0 radical (unpaired) electrons. The molecule has 4 heteroatoms. The first-order valence-electron chi connectivity index (χ1n) is 5.69. The summed E-state index contributed by atoms with van der Waals surface area (Å²) in [5.74, 6) is 0.574. The van der Waals surface area contributed by atoms with E-state index in [0.29, 0.717) is 11.2 Å². The number of rotatable bonds is 6. The van der Waals surface area contributed by atoms with Crippen LogP contribution in [0, 0.1) is 5.41 Å². The van der Waals surface area contributed by atoms with E-state index in [-0.39, 0.29) is 0 Å². The quantitative estimate of drug-likeness (QED) is 0.770. The van der Waals surface area contributed by atoms with Crippen molar-refractivity contribution in [3.63, 3.8) is 0 Å². The van der Waals surface area contributed by atoms with Crippen molar-refractivity contribution in [1.29, 1.82) is 0 Å². The highest BCUT2D eigenvalue weighted by Crippen LogP contribution is 2.48. The SMILES string of the molecule is COCCC1(CNc2cccnc2N)CC1. The number of hydrogen-bond acceptors (Lipinski definition) is 4. The normalized spacial score (nSPS) is 17.1. The first-order valence-corrected chi connectivity index (χ1v) is 5.69. The molecule has 1 aliphatic rings. The molecule has 0 spiro atoms. The minimum atomic E-state index is 0.429. The Balaban J connectivity index is 1.85. The molecule has 1 saturated carbocycles. The second-order valence-electron chi connectivity index (χ2n) is 4.53. The van der Waals surface area contributed by atoms with Gasteiger partial charge in [-0.05, 0) is 36.8 Å². The molecule has 0 aliphatic heterocycles. The largest absolute Gasteiger partial charge is 0.385 e. The lowest BCUT2D eigenvalue weighted by molar-refractivity contribution is 0.175. The maximum Gasteiger partial charge on any atom is 0.146 e. The summed E-state index contributed by atoms with van der Waals surface area (Å²) in [4.78, 5) is 4.05. The van der Waals surface area contributed by atoms with E-state index in [2.05, 4.69) is 10.3 Å². The number of pyridine rings is 1. The fourth-order valence-corrected chi connectivity index (χ4v) is 1.86. The van der Waals surface area contributed by atoms with Crippen LogP contribution in [0.3, 0.4) is 0 Å². The number of nitrogen functional groups attached to an aromatic ring is 1. The smallest absolute Gasteiger partial charge is 0.146 e. The Bertz CT molecular complexity index is 350. The topological polar surface area (TPSA) is 60.2 Å². The molecule has 0 amide bonds. The van der Waals surface area contributed by atoms with Crippen LogP contribution in [0.4, 0.5) is 11.5 Å². The van der Waals surface area contributed by atoms with E-state index in [0.717, 1.165) is 25.3 Å². The predicted molar refractivity (Wildman–Crippen MR) is 65.3 cm³/mol. The van der Waals surface area contributed by atoms with Crippen molar-refractivity contribution in [1.82, 2.24) is 4.98 Å². The fraction of sp³-hybridized carbons (Fsp3) is 0.583. The van der Waals surface area contributed by atoms with Crippen molar-refractivity contribution < 1.29 is 4.74 Å². The lowest BCUT2D eigenvalue weighted by Crippen LogP contribution is -2.18. The average molecular weight is 221 g/mol. The molecule has 1 aromatic heterocycles. The molecule has 88 valence electrons. The minimum absolute atomic E-state index is 0.429. The number of ether oxygens (including phenoxy) is 1. The summed E-state index contributed by atoms with van der Waals surface area (Å²) in [7, 11) is 1.75. The zero-order valence-corrected chi connectivity index (χ0v) is 9.70. The zero-order chi connectivity index (χ0) is 11.4. The van der Waals surface area contributed by atoms with Crippen molar-refractivity contribution in [2.45, 2.75) is 19.3 Å². The molecule has 1 aromatic rings. The Kier molecular flexibility index (Phi) is 3.29. The second kappa shape index (κ2) is 4.70. The summed E-state index contributed by atoms with van der Waals surface area (Å²) < 4.78 is 5.13. The number of nitrogens with two attached hydrogens (primary N) is 1. The highest BCUT2D eigenvalue weighted by atomic mass is 16.5. The van der Waals surface area contributed by atoms with E-state index >= 15 is 0 Å². The first-order chi connectivity index (χ1) is 7.76. The molecule has 1 aliphatic carbocycles. The number of nitrogens with one attached hydrogen (secondary N) is 1. The van der Waals surface area contributed by atoms with Crippen LogP contribution >= 0.6 is 0 Å². The second-order valence-corrected chi connectivity index (χ2v) is 4.53. The van der Waals surface area contributed by atoms with Gasteiger partial charge in [0.05, 0.1) is 5.69 Å². The van der Waals surface area contributed by atoms with E-state index in [1.807, 2.05) is 12.1 Å². The molecule has 2 rings (SSSR count). The molecular weight excluding hydrogens is 202 g/mol. The number of hydrogen-bond donors (Lipinski definition) is 2. The average Bonchev–Trinajstić information content (AvgIpc) is 3.06. The van der Waals surface area contributed by atoms with Crippen LogP contribution in [0.2, 0.25) is 0 Å². The summed E-state index contributed by atoms with van der Waals surface area (Å²) in [6, 6.07) is 3.86. The van der Waals surface area contributed by atoms with Gasteiger partial charge in [0, 0.05) is 26.5 Å². The molecule has 4 nitrogen and oxygen atoms in total. The van der Waals surface area contributed by atoms with Gasteiger partial charge in [-0.15, -0.1) is 0 Å². The minimum Gasteiger partial charge on any atom is -0.385 e. The Morgan fingerprint density at radius 1 is 1.56 bits per heavy atom. The Labute approximate surface area is 96.2 Å².